The van der Waals surface area contributed by atoms with Crippen LogP contribution in [0, 0.1) is 0 Å². The van der Waals surface area contributed by atoms with Gasteiger partial charge in [-0.25, -0.2) is 9.97 Å². The van der Waals surface area contributed by atoms with Crippen molar-refractivity contribution in [1.29, 1.82) is 0 Å². The summed E-state index contributed by atoms with van der Waals surface area (Å²) in [7, 11) is 0. The van der Waals surface area contributed by atoms with Crippen molar-refractivity contribution in [2.75, 3.05) is 0 Å². The summed E-state index contributed by atoms with van der Waals surface area (Å²) >= 11 is 1.75. The fourth-order valence-electron chi connectivity index (χ4n) is 8.35. The van der Waals surface area contributed by atoms with E-state index in [4.69, 9.17) is 14.4 Å². The van der Waals surface area contributed by atoms with Crippen LogP contribution in [0.2, 0.25) is 0 Å². The van der Waals surface area contributed by atoms with E-state index in [1.54, 1.807) is 11.3 Å². The van der Waals surface area contributed by atoms with Gasteiger partial charge in [0.05, 0.1) is 32.6 Å². The normalized spacial score (nSPS) is 12.2. The summed E-state index contributed by atoms with van der Waals surface area (Å²) in [6, 6.07) is 58.2. The third-order valence-electron chi connectivity index (χ3n) is 10.8. The van der Waals surface area contributed by atoms with E-state index in [9.17, 15) is 0 Å². The molecule has 0 atom stereocenters. The highest BCUT2D eigenvalue weighted by molar-refractivity contribution is 7.26. The van der Waals surface area contributed by atoms with E-state index in [1.165, 1.54) is 37.0 Å². The zero-order chi connectivity index (χ0) is 34.6. The fraction of sp³-hybridized carbons (Fsp3) is 0. The van der Waals surface area contributed by atoms with Crippen LogP contribution in [0.15, 0.2) is 168 Å². The number of hydrogen-bond acceptors (Lipinski definition) is 4. The Labute approximate surface area is 306 Å². The average molecular weight is 694 g/mol. The Morgan fingerprint density at radius 2 is 1.23 bits per heavy atom. The third kappa shape index (κ3) is 4.17. The molecular formula is C48H27N3OS. The lowest BCUT2D eigenvalue weighted by Crippen LogP contribution is -1.94. The molecular weight excluding hydrogens is 667 g/mol. The number of benzene rings is 8. The second kappa shape index (κ2) is 10.8. The molecule has 4 nitrogen and oxygen atoms in total. The van der Waals surface area contributed by atoms with Gasteiger partial charge in [-0.15, -0.1) is 11.3 Å². The fourth-order valence-corrected chi connectivity index (χ4v) is 9.50. The van der Waals surface area contributed by atoms with E-state index < -0.39 is 0 Å². The van der Waals surface area contributed by atoms with Crippen LogP contribution in [0.1, 0.15) is 0 Å². The number of hydrogen-bond donors (Lipinski definition) is 0. The molecule has 0 radical (unpaired) electrons. The summed E-state index contributed by atoms with van der Waals surface area (Å²) in [6.07, 6.45) is 0. The number of aromatic nitrogens is 3. The van der Waals surface area contributed by atoms with Gasteiger partial charge in [0.15, 0.2) is 11.4 Å². The van der Waals surface area contributed by atoms with Crippen molar-refractivity contribution in [3.8, 4) is 28.3 Å². The van der Waals surface area contributed by atoms with Crippen molar-refractivity contribution in [3.63, 3.8) is 0 Å². The molecule has 0 N–H and O–H groups in total. The van der Waals surface area contributed by atoms with Crippen molar-refractivity contribution in [2.24, 2.45) is 0 Å². The number of rotatable bonds is 3. The first-order valence-electron chi connectivity index (χ1n) is 17.8. The summed E-state index contributed by atoms with van der Waals surface area (Å²) in [5.41, 5.74) is 8.91. The van der Waals surface area contributed by atoms with Gasteiger partial charge >= 0.3 is 0 Å². The average Bonchev–Trinajstić information content (AvgIpc) is 3.90. The van der Waals surface area contributed by atoms with E-state index >= 15 is 0 Å². The Hall–Kier alpha value is -6.82. The van der Waals surface area contributed by atoms with Crippen LogP contribution in [0.5, 0.6) is 0 Å². The maximum absolute atomic E-state index is 6.89. The highest BCUT2D eigenvalue weighted by atomic mass is 32.1. The lowest BCUT2D eigenvalue weighted by molar-refractivity contribution is 0.666. The molecule has 0 aliphatic carbocycles. The molecule has 0 saturated heterocycles. The molecule has 12 aromatic rings. The van der Waals surface area contributed by atoms with E-state index in [0.717, 1.165) is 71.1 Å². The van der Waals surface area contributed by atoms with E-state index in [2.05, 4.69) is 168 Å². The van der Waals surface area contributed by atoms with Crippen molar-refractivity contribution in [3.05, 3.63) is 164 Å². The third-order valence-corrected chi connectivity index (χ3v) is 11.9. The number of nitrogens with zero attached hydrogens (tertiary/aromatic N) is 3. The highest BCUT2D eigenvalue weighted by Crippen LogP contribution is 2.43. The van der Waals surface area contributed by atoms with Crippen LogP contribution in [-0.4, -0.2) is 14.5 Å². The predicted molar refractivity (Wildman–Crippen MR) is 222 cm³/mol. The molecule has 0 saturated carbocycles. The Kier molecular flexibility index (Phi) is 5.90. The molecule has 0 aliphatic heterocycles. The molecule has 0 spiro atoms. The van der Waals surface area contributed by atoms with Crippen LogP contribution in [0.3, 0.4) is 0 Å². The van der Waals surface area contributed by atoms with Crippen LogP contribution in [0.4, 0.5) is 0 Å². The summed E-state index contributed by atoms with van der Waals surface area (Å²) < 4.78 is 11.5. The highest BCUT2D eigenvalue weighted by Gasteiger charge is 2.21. The topological polar surface area (TPSA) is 43.9 Å². The van der Waals surface area contributed by atoms with E-state index in [0.29, 0.717) is 5.82 Å². The van der Waals surface area contributed by atoms with Crippen LogP contribution in [0.25, 0.3) is 114 Å². The van der Waals surface area contributed by atoms with E-state index in [1.807, 2.05) is 0 Å². The summed E-state index contributed by atoms with van der Waals surface area (Å²) in [5.74, 6) is 0.682. The lowest BCUT2D eigenvalue weighted by atomic mass is 10.0. The van der Waals surface area contributed by atoms with Crippen molar-refractivity contribution in [1.82, 2.24) is 14.5 Å². The Bertz CT molecular complexity index is 3480. The van der Waals surface area contributed by atoms with Gasteiger partial charge in [0.1, 0.15) is 5.58 Å². The summed E-state index contributed by atoms with van der Waals surface area (Å²) in [5, 5.41) is 10.7. The maximum atomic E-state index is 6.89. The largest absolute Gasteiger partial charge is 0.454 e. The first-order chi connectivity index (χ1) is 26.3. The van der Waals surface area contributed by atoms with Gasteiger partial charge in [-0.3, -0.25) is 0 Å². The zero-order valence-corrected chi connectivity index (χ0v) is 29.1. The first-order valence-corrected chi connectivity index (χ1v) is 18.6. The molecule has 0 fully saturated rings. The smallest absolute Gasteiger partial charge is 0.160 e. The molecule has 4 heterocycles. The van der Waals surface area contributed by atoms with Gasteiger partial charge in [0.2, 0.25) is 0 Å². The molecule has 4 aromatic heterocycles. The molecule has 53 heavy (non-hydrogen) atoms. The number of furan rings is 1. The number of para-hydroxylation sites is 2. The van der Waals surface area contributed by atoms with Crippen molar-refractivity contribution >= 4 is 96.9 Å². The monoisotopic (exact) mass is 693 g/mol. The van der Waals surface area contributed by atoms with Gasteiger partial charge in [-0.2, -0.15) is 0 Å². The minimum Gasteiger partial charge on any atom is -0.454 e. The Morgan fingerprint density at radius 1 is 0.491 bits per heavy atom. The van der Waals surface area contributed by atoms with Gasteiger partial charge in [0.25, 0.3) is 0 Å². The molecule has 8 aromatic carbocycles. The van der Waals surface area contributed by atoms with E-state index in [-0.39, 0.29) is 0 Å². The van der Waals surface area contributed by atoms with Crippen LogP contribution in [-0.2, 0) is 0 Å². The number of fused-ring (bicyclic) bond motifs is 12. The van der Waals surface area contributed by atoms with Crippen LogP contribution < -0.4 is 0 Å². The molecule has 5 heteroatoms. The van der Waals surface area contributed by atoms with Gasteiger partial charge < -0.3 is 8.98 Å². The van der Waals surface area contributed by atoms with Gasteiger partial charge in [0, 0.05) is 42.8 Å². The summed E-state index contributed by atoms with van der Waals surface area (Å²) in [4.78, 5) is 10.6. The Balaban J connectivity index is 1.08. The molecule has 12 rings (SSSR count). The zero-order valence-electron chi connectivity index (χ0n) is 28.2. The molecule has 0 unspecified atom stereocenters. The quantitative estimate of drug-likeness (QED) is 0.185. The molecule has 246 valence electrons. The first kappa shape index (κ1) is 28.8. The standard InChI is InChI=1S/C48H27N3OS/c1-2-12-30-26-31(21-20-28(30)10-1)44-47-45(37-15-6-8-19-42(37)53-47)50-48(49-44)32-22-24-34-35-16-9-18-40(46(35)52-41(34)27-32)51-38-17-7-5-14-36(38)43-33-13-4-3-11-29(33)23-25-39(43)51/h1-27H. The summed E-state index contributed by atoms with van der Waals surface area (Å²) in [6.45, 7) is 0. The lowest BCUT2D eigenvalue weighted by Gasteiger charge is -2.09. The number of thiophene rings is 1. The van der Waals surface area contributed by atoms with Crippen LogP contribution >= 0.6 is 11.3 Å². The van der Waals surface area contributed by atoms with Gasteiger partial charge in [-0.1, -0.05) is 121 Å². The Morgan fingerprint density at radius 3 is 2.15 bits per heavy atom. The predicted octanol–water partition coefficient (Wildman–Crippen LogP) is 13.5. The minimum absolute atomic E-state index is 0.682. The molecule has 0 bridgehead atoms. The maximum Gasteiger partial charge on any atom is 0.160 e. The SMILES string of the molecule is c1ccc2cc(-c3nc(-c4ccc5c(c4)oc4c(-n6c7ccccc7c7c8ccccc8ccc76)cccc45)nc4c3sc3ccccc34)ccc2c1. The second-order valence-corrected chi connectivity index (χ2v) is 14.8. The van der Waals surface area contributed by atoms with Gasteiger partial charge in [-0.05, 0) is 64.0 Å². The minimum atomic E-state index is 0.682. The van der Waals surface area contributed by atoms with Crippen molar-refractivity contribution in [2.45, 2.75) is 0 Å². The second-order valence-electron chi connectivity index (χ2n) is 13.7. The molecule has 0 amide bonds. The molecule has 0 aliphatic rings. The van der Waals surface area contributed by atoms with Crippen molar-refractivity contribution < 1.29 is 4.42 Å².